The van der Waals surface area contributed by atoms with Gasteiger partial charge >= 0.3 is 0 Å². The lowest BCUT2D eigenvalue weighted by Crippen LogP contribution is -2.18. The van der Waals surface area contributed by atoms with Crippen LogP contribution < -0.4 is 9.47 Å². The van der Waals surface area contributed by atoms with Crippen molar-refractivity contribution in [2.75, 3.05) is 25.0 Å². The molecule has 0 saturated carbocycles. The number of aliphatic hydroxyl groups is 1. The van der Waals surface area contributed by atoms with E-state index in [0.717, 1.165) is 17.9 Å². The van der Waals surface area contributed by atoms with Gasteiger partial charge in [-0.2, -0.15) is 0 Å². The van der Waals surface area contributed by atoms with Gasteiger partial charge in [-0.25, -0.2) is 0 Å². The minimum absolute atomic E-state index is 0.169. The highest BCUT2D eigenvalue weighted by molar-refractivity contribution is 6.18. The van der Waals surface area contributed by atoms with Crippen LogP contribution in [-0.2, 0) is 6.42 Å². The third kappa shape index (κ3) is 7.15. The molecule has 2 aromatic carbocycles. The van der Waals surface area contributed by atoms with Gasteiger partial charge < -0.3 is 14.6 Å². The molecule has 0 aliphatic heterocycles. The average molecular weight is 383 g/mol. The van der Waals surface area contributed by atoms with Gasteiger partial charge in [-0.05, 0) is 41.8 Å². The first-order valence-electron chi connectivity index (χ1n) is 8.34. The van der Waals surface area contributed by atoms with Crippen molar-refractivity contribution in [3.63, 3.8) is 0 Å². The lowest BCUT2D eigenvalue weighted by Gasteiger charge is -2.11. The van der Waals surface area contributed by atoms with E-state index in [2.05, 4.69) is 19.1 Å². The Bertz CT molecular complexity index is 558. The van der Waals surface area contributed by atoms with E-state index in [0.29, 0.717) is 18.4 Å². The predicted octanol–water partition coefficient (Wildman–Crippen LogP) is 4.51. The molecule has 0 fully saturated rings. The van der Waals surface area contributed by atoms with Crippen molar-refractivity contribution in [1.82, 2.24) is 0 Å². The molecule has 1 N–H and O–H groups in total. The lowest BCUT2D eigenvalue weighted by atomic mass is 10.0. The fraction of sp³-hybridized carbons (Fsp3) is 0.400. The van der Waals surface area contributed by atoms with E-state index in [1.54, 1.807) is 0 Å². The Morgan fingerprint density at radius 1 is 0.800 bits per heavy atom. The van der Waals surface area contributed by atoms with E-state index in [1.165, 1.54) is 11.1 Å². The second-order valence-corrected chi connectivity index (χ2v) is 6.77. The van der Waals surface area contributed by atoms with Crippen molar-refractivity contribution in [3.05, 3.63) is 59.7 Å². The molecule has 0 spiro atoms. The van der Waals surface area contributed by atoms with Crippen molar-refractivity contribution < 1.29 is 14.6 Å². The normalized spacial score (nSPS) is 13.3. The molecule has 0 amide bonds. The first kappa shape index (κ1) is 19.9. The lowest BCUT2D eigenvalue weighted by molar-refractivity contribution is 0.125. The molecule has 0 radical (unpaired) electrons. The molecule has 0 bridgehead atoms. The molecule has 2 aromatic rings. The molecule has 25 heavy (non-hydrogen) atoms. The van der Waals surface area contributed by atoms with Gasteiger partial charge in [-0.15, -0.1) is 23.2 Å². The first-order chi connectivity index (χ1) is 12.1. The maximum absolute atomic E-state index is 9.40. The Kier molecular flexibility index (Phi) is 8.39. The molecule has 136 valence electrons. The predicted molar refractivity (Wildman–Crippen MR) is 103 cm³/mol. The molecule has 2 atom stereocenters. The molecular weight excluding hydrogens is 359 g/mol. The second kappa shape index (κ2) is 10.5. The summed E-state index contributed by atoms with van der Waals surface area (Å²) >= 11 is 11.3. The van der Waals surface area contributed by atoms with Crippen LogP contribution >= 0.6 is 23.2 Å². The fourth-order valence-electron chi connectivity index (χ4n) is 2.16. The molecule has 0 saturated heterocycles. The molecule has 0 aliphatic carbocycles. The monoisotopic (exact) mass is 382 g/mol. The highest BCUT2D eigenvalue weighted by Gasteiger charge is 2.04. The van der Waals surface area contributed by atoms with Crippen LogP contribution in [0.15, 0.2) is 48.5 Å². The number of benzene rings is 2. The first-order valence-corrected chi connectivity index (χ1v) is 9.41. The molecule has 3 nitrogen and oxygen atoms in total. The zero-order valence-corrected chi connectivity index (χ0v) is 15.8. The van der Waals surface area contributed by atoms with Crippen molar-refractivity contribution in [2.45, 2.75) is 19.4 Å². The molecular formula is C20H24Cl2O3. The number of hydrogen-bond acceptors (Lipinski definition) is 3. The highest BCUT2D eigenvalue weighted by Crippen LogP contribution is 2.18. The van der Waals surface area contributed by atoms with E-state index in [-0.39, 0.29) is 12.5 Å². The van der Waals surface area contributed by atoms with Gasteiger partial charge in [0, 0.05) is 11.8 Å². The molecule has 0 heterocycles. The van der Waals surface area contributed by atoms with E-state index in [9.17, 15) is 5.11 Å². The topological polar surface area (TPSA) is 38.7 Å². The van der Waals surface area contributed by atoms with Crippen LogP contribution in [0.25, 0.3) is 0 Å². The number of rotatable bonds is 10. The van der Waals surface area contributed by atoms with Crippen molar-refractivity contribution in [2.24, 2.45) is 5.92 Å². The Balaban J connectivity index is 1.85. The van der Waals surface area contributed by atoms with Crippen molar-refractivity contribution >= 4 is 23.2 Å². The zero-order chi connectivity index (χ0) is 18.1. The number of aliphatic hydroxyl groups excluding tert-OH is 1. The quantitative estimate of drug-likeness (QED) is 0.614. The highest BCUT2D eigenvalue weighted by atomic mass is 35.5. The second-order valence-electron chi connectivity index (χ2n) is 6.15. The van der Waals surface area contributed by atoms with Crippen LogP contribution in [0.4, 0.5) is 0 Å². The number of halogens is 2. The minimum Gasteiger partial charge on any atom is -0.493 e. The standard InChI is InChI=1S/C20H24Cl2O3/c1-15(11-21)13-24-19-6-2-16(3-7-19)10-17-4-8-20(9-5-17)25-14-18(23)12-22/h2-9,15,18,23H,10-14H2,1H3. The molecule has 2 unspecified atom stereocenters. The molecule has 0 aliphatic rings. The van der Waals surface area contributed by atoms with Crippen LogP contribution in [0, 0.1) is 5.92 Å². The van der Waals surface area contributed by atoms with Gasteiger partial charge in [0.2, 0.25) is 0 Å². The van der Waals surface area contributed by atoms with Gasteiger partial charge in [-0.3, -0.25) is 0 Å². The summed E-state index contributed by atoms with van der Waals surface area (Å²) in [7, 11) is 0. The third-order valence-electron chi connectivity index (χ3n) is 3.67. The summed E-state index contributed by atoms with van der Waals surface area (Å²) < 4.78 is 11.2. The summed E-state index contributed by atoms with van der Waals surface area (Å²) in [5, 5.41) is 9.40. The number of ether oxygens (including phenoxy) is 2. The Morgan fingerprint density at radius 2 is 1.28 bits per heavy atom. The molecule has 0 aromatic heterocycles. The number of hydrogen-bond donors (Lipinski definition) is 1. The van der Waals surface area contributed by atoms with Gasteiger partial charge in [0.05, 0.1) is 12.5 Å². The average Bonchev–Trinajstić information content (AvgIpc) is 2.66. The van der Waals surface area contributed by atoms with Crippen LogP contribution in [0.2, 0.25) is 0 Å². The van der Waals surface area contributed by atoms with Crippen molar-refractivity contribution in [1.29, 1.82) is 0 Å². The molecule has 5 heteroatoms. The maximum atomic E-state index is 9.40. The Hall–Kier alpha value is -1.42. The van der Waals surface area contributed by atoms with Gasteiger partial charge in [0.25, 0.3) is 0 Å². The van der Waals surface area contributed by atoms with Crippen LogP contribution in [0.3, 0.4) is 0 Å². The van der Waals surface area contributed by atoms with Gasteiger partial charge in [-0.1, -0.05) is 31.2 Å². The van der Waals surface area contributed by atoms with E-state index >= 15 is 0 Å². The Morgan fingerprint density at radius 3 is 1.72 bits per heavy atom. The summed E-state index contributed by atoms with van der Waals surface area (Å²) in [6.07, 6.45) is 0.192. The van der Waals surface area contributed by atoms with E-state index in [4.69, 9.17) is 32.7 Å². The van der Waals surface area contributed by atoms with Crippen LogP contribution in [0.5, 0.6) is 11.5 Å². The smallest absolute Gasteiger partial charge is 0.119 e. The maximum Gasteiger partial charge on any atom is 0.119 e. The van der Waals surface area contributed by atoms with Crippen LogP contribution in [0.1, 0.15) is 18.1 Å². The largest absolute Gasteiger partial charge is 0.493 e. The van der Waals surface area contributed by atoms with E-state index in [1.807, 2.05) is 36.4 Å². The van der Waals surface area contributed by atoms with Crippen molar-refractivity contribution in [3.8, 4) is 11.5 Å². The number of alkyl halides is 2. The summed E-state index contributed by atoms with van der Waals surface area (Å²) in [4.78, 5) is 0. The van der Waals surface area contributed by atoms with Gasteiger partial charge in [0.15, 0.2) is 0 Å². The SMILES string of the molecule is CC(CCl)COc1ccc(Cc2ccc(OCC(O)CCl)cc2)cc1. The minimum atomic E-state index is -0.644. The summed E-state index contributed by atoms with van der Waals surface area (Å²) in [5.74, 6) is 2.70. The fourth-order valence-corrected chi connectivity index (χ4v) is 2.34. The van der Waals surface area contributed by atoms with Crippen LogP contribution in [-0.4, -0.2) is 36.2 Å². The van der Waals surface area contributed by atoms with E-state index < -0.39 is 6.10 Å². The molecule has 2 rings (SSSR count). The Labute approximate surface area is 159 Å². The summed E-state index contributed by atoms with van der Waals surface area (Å²) in [6.45, 7) is 2.89. The van der Waals surface area contributed by atoms with Gasteiger partial charge in [0.1, 0.15) is 24.2 Å². The summed E-state index contributed by atoms with van der Waals surface area (Å²) in [5.41, 5.74) is 2.40. The zero-order valence-electron chi connectivity index (χ0n) is 14.3. The summed E-state index contributed by atoms with van der Waals surface area (Å²) in [6, 6.07) is 16.0. The third-order valence-corrected chi connectivity index (χ3v) is 4.56.